The molecule has 0 N–H and O–H groups in total. The minimum atomic E-state index is 0.571. The summed E-state index contributed by atoms with van der Waals surface area (Å²) in [6.07, 6.45) is 1.87. The van der Waals surface area contributed by atoms with E-state index in [-0.39, 0.29) is 0 Å². The van der Waals surface area contributed by atoms with Gasteiger partial charge in [0.2, 0.25) is 0 Å². The lowest BCUT2D eigenvalue weighted by Gasteiger charge is -2.16. The number of hydrogen-bond donors (Lipinski definition) is 0. The Balaban J connectivity index is 0.997. The maximum absolute atomic E-state index is 7.47. The number of furan rings is 1. The van der Waals surface area contributed by atoms with Gasteiger partial charge in [-0.15, -0.1) is 0 Å². The monoisotopic (exact) mass is 803 g/mol. The Morgan fingerprint density at radius 3 is 1.76 bits per heavy atom. The van der Waals surface area contributed by atoms with Crippen molar-refractivity contribution in [2.45, 2.75) is 0 Å². The van der Waals surface area contributed by atoms with E-state index in [1.54, 1.807) is 0 Å². The van der Waals surface area contributed by atoms with Crippen LogP contribution in [0.25, 0.3) is 127 Å². The van der Waals surface area contributed by atoms with Gasteiger partial charge in [0, 0.05) is 44.6 Å². The van der Waals surface area contributed by atoms with Gasteiger partial charge in [0.1, 0.15) is 11.2 Å². The van der Waals surface area contributed by atoms with Crippen LogP contribution in [0, 0.1) is 6.57 Å². The Morgan fingerprint density at radius 2 is 0.937 bits per heavy atom. The largest absolute Gasteiger partial charge is 0.456 e. The SMILES string of the molecule is [C-]#[N+]c1cccc(-c2ccc(-c3cc4c5ccccc5c(-c5cccc(-c6nc(-c7ccccc7)nc(-c7ccc8c(c7)oc7ccccc78)n6)c5)cc4c4cccnc34)cc2)c1. The molecule has 0 fully saturated rings. The first-order valence-corrected chi connectivity index (χ1v) is 20.8. The third kappa shape index (κ3) is 6.27. The van der Waals surface area contributed by atoms with E-state index >= 15 is 0 Å². The number of nitrogens with zero attached hydrogens (tertiary/aromatic N) is 5. The first kappa shape index (κ1) is 36.1. The van der Waals surface area contributed by atoms with Crippen LogP contribution in [-0.2, 0) is 0 Å². The molecule has 6 nitrogen and oxygen atoms in total. The predicted octanol–water partition coefficient (Wildman–Crippen LogP) is 15.2. The van der Waals surface area contributed by atoms with Crippen molar-refractivity contribution >= 4 is 60.1 Å². The van der Waals surface area contributed by atoms with Gasteiger partial charge in [0.15, 0.2) is 23.2 Å². The highest BCUT2D eigenvalue weighted by molar-refractivity contribution is 6.23. The van der Waals surface area contributed by atoms with Crippen molar-refractivity contribution in [2.75, 3.05) is 0 Å². The zero-order chi connectivity index (χ0) is 41.9. The third-order valence-corrected chi connectivity index (χ3v) is 12.0. The second-order valence-electron chi connectivity index (χ2n) is 15.7. The van der Waals surface area contributed by atoms with Gasteiger partial charge in [-0.3, -0.25) is 4.98 Å². The molecule has 0 aliphatic rings. The van der Waals surface area contributed by atoms with Crippen molar-refractivity contribution in [1.82, 2.24) is 19.9 Å². The maximum Gasteiger partial charge on any atom is 0.187 e. The molecule has 63 heavy (non-hydrogen) atoms. The number of hydrogen-bond acceptors (Lipinski definition) is 5. The van der Waals surface area contributed by atoms with Crippen molar-refractivity contribution in [2.24, 2.45) is 0 Å². The summed E-state index contributed by atoms with van der Waals surface area (Å²) in [6, 6.07) is 66.6. The lowest BCUT2D eigenvalue weighted by molar-refractivity contribution is 0.669. The number of fused-ring (bicyclic) bond motifs is 8. The minimum Gasteiger partial charge on any atom is -0.456 e. The van der Waals surface area contributed by atoms with Crippen molar-refractivity contribution in [3.8, 4) is 67.5 Å². The summed E-state index contributed by atoms with van der Waals surface area (Å²) in [4.78, 5) is 23.8. The molecular formula is C57H33N5O. The van der Waals surface area contributed by atoms with Gasteiger partial charge >= 0.3 is 0 Å². The number of rotatable bonds is 6. The number of pyridine rings is 1. The van der Waals surface area contributed by atoms with Crippen molar-refractivity contribution < 1.29 is 4.42 Å². The predicted molar refractivity (Wildman–Crippen MR) is 256 cm³/mol. The van der Waals surface area contributed by atoms with E-state index in [1.807, 2.05) is 91.1 Å². The molecular weight excluding hydrogens is 771 g/mol. The molecule has 6 heteroatoms. The molecule has 12 rings (SSSR count). The summed E-state index contributed by atoms with van der Waals surface area (Å²) in [5.74, 6) is 1.75. The quantitative estimate of drug-likeness (QED) is 0.124. The molecule has 0 aliphatic heterocycles. The van der Waals surface area contributed by atoms with E-state index in [1.165, 1.54) is 0 Å². The number of benzene rings is 9. The average molecular weight is 804 g/mol. The highest BCUT2D eigenvalue weighted by Crippen LogP contribution is 2.42. The maximum atomic E-state index is 7.47. The van der Waals surface area contributed by atoms with Crippen LogP contribution in [0.1, 0.15) is 0 Å². The number of para-hydroxylation sites is 1. The van der Waals surface area contributed by atoms with E-state index in [9.17, 15) is 0 Å². The lowest BCUT2D eigenvalue weighted by Crippen LogP contribution is -2.00. The van der Waals surface area contributed by atoms with Crippen LogP contribution in [0.4, 0.5) is 5.69 Å². The van der Waals surface area contributed by atoms with Gasteiger partial charge < -0.3 is 4.42 Å². The molecule has 0 amide bonds. The van der Waals surface area contributed by atoms with Gasteiger partial charge in [-0.1, -0.05) is 146 Å². The standard InChI is InChI=1S/C57H33N5O/c1-58-42-17-10-14-38(31-42)35-23-25-36(26-24-35)49-34-50-44-19-6-5-18-43(44)48(33-51(50)47-21-11-29-59-54(47)49)39-15-9-16-40(30-39)56-60-55(37-12-3-2-4-13-37)61-57(62-56)41-27-28-46-45-20-7-8-22-52(45)63-53(46)32-41/h2-34H. The molecule has 3 aromatic heterocycles. The van der Waals surface area contributed by atoms with Crippen molar-refractivity contribution in [1.29, 1.82) is 0 Å². The van der Waals surface area contributed by atoms with Crippen molar-refractivity contribution in [3.05, 3.63) is 212 Å². The Hall–Kier alpha value is -8.79. The van der Waals surface area contributed by atoms with Gasteiger partial charge in [0.25, 0.3) is 0 Å². The molecule has 0 bridgehead atoms. The summed E-state index contributed by atoms with van der Waals surface area (Å²) < 4.78 is 6.27. The van der Waals surface area contributed by atoms with E-state index in [2.05, 4.69) is 114 Å². The first-order valence-electron chi connectivity index (χ1n) is 20.8. The summed E-state index contributed by atoms with van der Waals surface area (Å²) in [7, 11) is 0. The molecule has 0 saturated heterocycles. The number of aromatic nitrogens is 4. The van der Waals surface area contributed by atoms with E-state index in [0.29, 0.717) is 23.2 Å². The van der Waals surface area contributed by atoms with Crippen LogP contribution in [0.15, 0.2) is 205 Å². The minimum absolute atomic E-state index is 0.571. The third-order valence-electron chi connectivity index (χ3n) is 12.0. The first-order chi connectivity index (χ1) is 31.1. The Labute approximate surface area is 362 Å². The summed E-state index contributed by atoms with van der Waals surface area (Å²) >= 11 is 0. The van der Waals surface area contributed by atoms with Crippen LogP contribution in [0.5, 0.6) is 0 Å². The molecule has 9 aromatic carbocycles. The van der Waals surface area contributed by atoms with E-state index < -0.39 is 0 Å². The molecule has 3 heterocycles. The van der Waals surface area contributed by atoms with Gasteiger partial charge in [-0.25, -0.2) is 19.8 Å². The summed E-state index contributed by atoms with van der Waals surface area (Å²) in [6.45, 7) is 7.47. The van der Waals surface area contributed by atoms with Gasteiger partial charge in [-0.05, 0) is 97.9 Å². The zero-order valence-electron chi connectivity index (χ0n) is 33.7. The second-order valence-corrected chi connectivity index (χ2v) is 15.7. The van der Waals surface area contributed by atoms with E-state index in [4.69, 9.17) is 30.9 Å². The molecule has 12 aromatic rings. The van der Waals surface area contributed by atoms with Crippen molar-refractivity contribution in [3.63, 3.8) is 0 Å². The average Bonchev–Trinajstić information content (AvgIpc) is 3.74. The fourth-order valence-electron chi connectivity index (χ4n) is 8.92. The topological polar surface area (TPSA) is 69.1 Å². The lowest BCUT2D eigenvalue weighted by atomic mass is 9.88. The Morgan fingerprint density at radius 1 is 0.349 bits per heavy atom. The second kappa shape index (κ2) is 14.7. The molecule has 0 radical (unpaired) electrons. The Kier molecular flexibility index (Phi) is 8.44. The molecule has 292 valence electrons. The molecule has 0 spiro atoms. The molecule has 0 saturated carbocycles. The molecule has 0 atom stereocenters. The van der Waals surface area contributed by atoms with Crippen LogP contribution < -0.4 is 0 Å². The van der Waals surface area contributed by atoms with Crippen LogP contribution in [-0.4, -0.2) is 19.9 Å². The summed E-state index contributed by atoms with van der Waals surface area (Å²) in [5.41, 5.74) is 12.2. The van der Waals surface area contributed by atoms with Gasteiger partial charge in [-0.2, -0.15) is 0 Å². The normalized spacial score (nSPS) is 11.5. The highest BCUT2D eigenvalue weighted by Gasteiger charge is 2.18. The fraction of sp³-hybridized carbons (Fsp3) is 0. The molecule has 0 aliphatic carbocycles. The highest BCUT2D eigenvalue weighted by atomic mass is 16.3. The smallest absolute Gasteiger partial charge is 0.187 e. The van der Waals surface area contributed by atoms with E-state index in [0.717, 1.165) is 104 Å². The van der Waals surface area contributed by atoms with Gasteiger partial charge in [0.05, 0.1) is 12.1 Å². The molecule has 0 unspecified atom stereocenters. The Bertz CT molecular complexity index is 3810. The zero-order valence-corrected chi connectivity index (χ0v) is 33.7. The fourth-order valence-corrected chi connectivity index (χ4v) is 8.92. The van der Waals surface area contributed by atoms with Crippen LogP contribution in [0.3, 0.4) is 0 Å². The summed E-state index contributed by atoms with van der Waals surface area (Å²) in [5, 5.41) is 7.80. The van der Waals surface area contributed by atoms with Crippen LogP contribution >= 0.6 is 0 Å². The van der Waals surface area contributed by atoms with Crippen LogP contribution in [0.2, 0.25) is 0 Å².